The third-order valence-corrected chi connectivity index (χ3v) is 4.81. The second-order valence-electron chi connectivity index (χ2n) is 6.18. The van der Waals surface area contributed by atoms with Crippen LogP contribution in [0.25, 0.3) is 0 Å². The van der Waals surface area contributed by atoms with E-state index < -0.39 is 5.60 Å². The van der Waals surface area contributed by atoms with Crippen molar-refractivity contribution in [2.45, 2.75) is 63.3 Å². The Morgan fingerprint density at radius 1 is 1.23 bits per heavy atom. The number of rotatable bonds is 5. The van der Waals surface area contributed by atoms with Crippen LogP contribution in [0.2, 0.25) is 0 Å². The second-order valence-corrected chi connectivity index (χ2v) is 6.18. The number of epoxide rings is 1. The van der Waals surface area contributed by atoms with Gasteiger partial charge in [0.05, 0.1) is 7.11 Å². The normalized spacial score (nSPS) is 28.2. The fraction of sp³-hybridized carbons (Fsp3) is 0.611. The van der Waals surface area contributed by atoms with Gasteiger partial charge in [0.15, 0.2) is 5.60 Å². The van der Waals surface area contributed by atoms with Crippen LogP contribution in [0.4, 0.5) is 0 Å². The first kappa shape index (κ1) is 15.3. The molecule has 0 radical (unpaired) electrons. The standard InChI is InChI=1S/C18H24O4/c1-3-18(17(19)21-15-7-5-4-6-8-15)16(22-18)13-9-11-14(20-2)12-10-13/h9-12,15-16H,3-8H2,1-2H3. The van der Waals surface area contributed by atoms with Crippen LogP contribution in [0, 0.1) is 0 Å². The van der Waals surface area contributed by atoms with Gasteiger partial charge in [-0.3, -0.25) is 0 Å². The molecule has 1 heterocycles. The number of methoxy groups -OCH3 is 1. The van der Waals surface area contributed by atoms with E-state index >= 15 is 0 Å². The van der Waals surface area contributed by atoms with Gasteiger partial charge in [0.2, 0.25) is 0 Å². The molecule has 2 fully saturated rings. The lowest BCUT2D eigenvalue weighted by Gasteiger charge is -2.23. The summed E-state index contributed by atoms with van der Waals surface area (Å²) in [5.41, 5.74) is 0.217. The molecular weight excluding hydrogens is 280 g/mol. The Bertz CT molecular complexity index is 518. The highest BCUT2D eigenvalue weighted by atomic mass is 16.7. The molecule has 1 aliphatic heterocycles. The van der Waals surface area contributed by atoms with Gasteiger partial charge in [-0.25, -0.2) is 4.79 Å². The number of hydrogen-bond acceptors (Lipinski definition) is 4. The Labute approximate surface area is 131 Å². The van der Waals surface area contributed by atoms with Crippen molar-refractivity contribution in [3.8, 4) is 5.75 Å². The molecule has 1 saturated carbocycles. The van der Waals surface area contributed by atoms with Gasteiger partial charge in [-0.2, -0.15) is 0 Å². The zero-order valence-electron chi connectivity index (χ0n) is 13.3. The van der Waals surface area contributed by atoms with E-state index in [4.69, 9.17) is 14.2 Å². The van der Waals surface area contributed by atoms with Crippen molar-refractivity contribution in [1.29, 1.82) is 0 Å². The summed E-state index contributed by atoms with van der Waals surface area (Å²) >= 11 is 0. The summed E-state index contributed by atoms with van der Waals surface area (Å²) in [6.07, 6.45) is 6.04. The molecule has 2 aliphatic rings. The van der Waals surface area contributed by atoms with Crippen molar-refractivity contribution in [3.05, 3.63) is 29.8 Å². The molecule has 0 bridgehead atoms. The van der Waals surface area contributed by atoms with Gasteiger partial charge in [0.1, 0.15) is 18.0 Å². The Morgan fingerprint density at radius 2 is 1.91 bits per heavy atom. The lowest BCUT2D eigenvalue weighted by atomic mass is 9.95. The minimum Gasteiger partial charge on any atom is -0.497 e. The summed E-state index contributed by atoms with van der Waals surface area (Å²) in [6.45, 7) is 1.98. The fourth-order valence-corrected chi connectivity index (χ4v) is 3.29. The topological polar surface area (TPSA) is 48.1 Å². The number of carbonyl (C=O) groups is 1. The number of hydrogen-bond donors (Lipinski definition) is 0. The molecule has 0 amide bonds. The van der Waals surface area contributed by atoms with Crippen molar-refractivity contribution in [3.63, 3.8) is 0 Å². The molecule has 0 spiro atoms. The van der Waals surface area contributed by atoms with Crippen LogP contribution in [0.3, 0.4) is 0 Å². The molecule has 0 aromatic heterocycles. The summed E-state index contributed by atoms with van der Waals surface area (Å²) in [5.74, 6) is 0.610. The first-order valence-corrected chi connectivity index (χ1v) is 8.22. The summed E-state index contributed by atoms with van der Waals surface area (Å²) in [6, 6.07) is 7.69. The van der Waals surface area contributed by atoms with Crippen LogP contribution in [0.15, 0.2) is 24.3 Å². The van der Waals surface area contributed by atoms with E-state index in [0.717, 1.165) is 37.0 Å². The van der Waals surface area contributed by atoms with Gasteiger partial charge in [-0.15, -0.1) is 0 Å². The molecule has 2 atom stereocenters. The summed E-state index contributed by atoms with van der Waals surface area (Å²) in [7, 11) is 1.64. The first-order chi connectivity index (χ1) is 10.7. The molecule has 1 aromatic carbocycles. The van der Waals surface area contributed by atoms with E-state index in [1.165, 1.54) is 6.42 Å². The van der Waals surface area contributed by atoms with Crippen LogP contribution in [-0.4, -0.2) is 24.8 Å². The Kier molecular flexibility index (Phi) is 4.39. The molecule has 2 unspecified atom stereocenters. The predicted octanol–water partition coefficient (Wildman–Crippen LogP) is 3.79. The average molecular weight is 304 g/mol. The minimum absolute atomic E-state index is 0.0744. The van der Waals surface area contributed by atoms with E-state index in [0.29, 0.717) is 6.42 Å². The monoisotopic (exact) mass is 304 g/mol. The zero-order chi connectivity index (χ0) is 15.6. The molecule has 1 aliphatic carbocycles. The van der Waals surface area contributed by atoms with Crippen molar-refractivity contribution in [2.24, 2.45) is 0 Å². The van der Waals surface area contributed by atoms with Gasteiger partial charge in [0, 0.05) is 0 Å². The number of carbonyl (C=O) groups excluding carboxylic acids is 1. The van der Waals surface area contributed by atoms with Crippen LogP contribution in [-0.2, 0) is 14.3 Å². The van der Waals surface area contributed by atoms with Crippen LogP contribution in [0.5, 0.6) is 5.75 Å². The molecule has 4 nitrogen and oxygen atoms in total. The summed E-state index contributed by atoms with van der Waals surface area (Å²) < 4.78 is 16.7. The zero-order valence-corrected chi connectivity index (χ0v) is 13.3. The summed E-state index contributed by atoms with van der Waals surface area (Å²) in [5, 5.41) is 0. The van der Waals surface area contributed by atoms with E-state index in [1.807, 2.05) is 31.2 Å². The lowest BCUT2D eigenvalue weighted by molar-refractivity contribution is -0.157. The molecule has 0 N–H and O–H groups in total. The SMILES string of the molecule is CCC1(C(=O)OC2CCCCC2)OC1c1ccc(OC)cc1. The highest BCUT2D eigenvalue weighted by molar-refractivity contribution is 5.84. The molecular formula is C18H24O4. The van der Waals surface area contributed by atoms with E-state index in [2.05, 4.69) is 0 Å². The quantitative estimate of drug-likeness (QED) is 0.613. The van der Waals surface area contributed by atoms with E-state index in [9.17, 15) is 4.79 Å². The molecule has 1 saturated heterocycles. The van der Waals surface area contributed by atoms with Crippen LogP contribution < -0.4 is 4.74 Å². The maximum atomic E-state index is 12.6. The maximum Gasteiger partial charge on any atom is 0.341 e. The molecule has 1 aromatic rings. The number of esters is 1. The highest BCUT2D eigenvalue weighted by Gasteiger charge is 2.63. The number of ether oxygens (including phenoxy) is 3. The highest BCUT2D eigenvalue weighted by Crippen LogP contribution is 2.53. The van der Waals surface area contributed by atoms with E-state index in [-0.39, 0.29) is 18.2 Å². The predicted molar refractivity (Wildman–Crippen MR) is 82.8 cm³/mol. The minimum atomic E-state index is -0.786. The maximum absolute atomic E-state index is 12.6. The smallest absolute Gasteiger partial charge is 0.341 e. The third kappa shape index (κ3) is 2.84. The van der Waals surface area contributed by atoms with E-state index in [1.54, 1.807) is 7.11 Å². The van der Waals surface area contributed by atoms with Crippen molar-refractivity contribution in [1.82, 2.24) is 0 Å². The Balaban J connectivity index is 1.66. The van der Waals surface area contributed by atoms with Crippen molar-refractivity contribution >= 4 is 5.97 Å². The van der Waals surface area contributed by atoms with Gasteiger partial charge < -0.3 is 14.2 Å². The van der Waals surface area contributed by atoms with Gasteiger partial charge in [0.25, 0.3) is 0 Å². The molecule has 3 rings (SSSR count). The summed E-state index contributed by atoms with van der Waals surface area (Å²) in [4.78, 5) is 12.6. The fourth-order valence-electron chi connectivity index (χ4n) is 3.29. The molecule has 120 valence electrons. The van der Waals surface area contributed by atoms with Gasteiger partial charge in [-0.1, -0.05) is 25.5 Å². The first-order valence-electron chi connectivity index (χ1n) is 8.22. The third-order valence-electron chi connectivity index (χ3n) is 4.81. The Hall–Kier alpha value is -1.55. The largest absolute Gasteiger partial charge is 0.497 e. The number of benzene rings is 1. The van der Waals surface area contributed by atoms with Crippen molar-refractivity contribution in [2.75, 3.05) is 7.11 Å². The van der Waals surface area contributed by atoms with Gasteiger partial charge >= 0.3 is 5.97 Å². The molecule has 22 heavy (non-hydrogen) atoms. The second kappa shape index (κ2) is 6.29. The van der Waals surface area contributed by atoms with Crippen molar-refractivity contribution < 1.29 is 19.0 Å². The van der Waals surface area contributed by atoms with Crippen LogP contribution >= 0.6 is 0 Å². The Morgan fingerprint density at radius 3 is 2.50 bits per heavy atom. The molecule has 4 heteroatoms. The lowest BCUT2D eigenvalue weighted by Crippen LogP contribution is -2.32. The average Bonchev–Trinajstić information content (AvgIpc) is 3.32. The van der Waals surface area contributed by atoms with Gasteiger partial charge in [-0.05, 0) is 49.8 Å². The van der Waals surface area contributed by atoms with Crippen LogP contribution in [0.1, 0.15) is 57.1 Å².